The fraction of sp³-hybridized carbons (Fsp3) is 0.368. The first-order chi connectivity index (χ1) is 9.74. The molecule has 0 saturated heterocycles. The molecule has 0 atom stereocenters. The fourth-order valence-electron chi connectivity index (χ4n) is 3.24. The Bertz CT molecular complexity index is 577. The SMILES string of the molecule is Cc1cc(-c2ccc(C3CCCCC3)cc2)ccc1N. The lowest BCUT2D eigenvalue weighted by Gasteiger charge is -2.22. The molecule has 2 aromatic rings. The Balaban J connectivity index is 1.83. The maximum atomic E-state index is 5.89. The zero-order chi connectivity index (χ0) is 13.9. The highest BCUT2D eigenvalue weighted by atomic mass is 14.5. The second kappa shape index (κ2) is 5.70. The molecule has 0 aromatic heterocycles. The van der Waals surface area contributed by atoms with Crippen molar-refractivity contribution in [3.05, 3.63) is 53.6 Å². The third-order valence-corrected chi connectivity index (χ3v) is 4.59. The number of aryl methyl sites for hydroxylation is 1. The van der Waals surface area contributed by atoms with Crippen LogP contribution in [0.2, 0.25) is 0 Å². The van der Waals surface area contributed by atoms with E-state index in [0.717, 1.165) is 17.2 Å². The first kappa shape index (κ1) is 13.2. The summed E-state index contributed by atoms with van der Waals surface area (Å²) in [6, 6.07) is 15.4. The highest BCUT2D eigenvalue weighted by Crippen LogP contribution is 2.33. The maximum Gasteiger partial charge on any atom is 0.0344 e. The maximum absolute atomic E-state index is 5.89. The second-order valence-corrected chi connectivity index (χ2v) is 6.03. The van der Waals surface area contributed by atoms with Crippen molar-refractivity contribution in [2.75, 3.05) is 5.73 Å². The molecule has 0 bridgehead atoms. The molecule has 1 fully saturated rings. The Morgan fingerprint density at radius 2 is 1.50 bits per heavy atom. The van der Waals surface area contributed by atoms with Gasteiger partial charge in [-0.1, -0.05) is 49.6 Å². The molecule has 1 nitrogen and oxygen atoms in total. The molecule has 1 aliphatic carbocycles. The van der Waals surface area contributed by atoms with Gasteiger partial charge in [0.05, 0.1) is 0 Å². The lowest BCUT2D eigenvalue weighted by atomic mass is 9.83. The van der Waals surface area contributed by atoms with Crippen LogP contribution in [0.1, 0.15) is 49.1 Å². The van der Waals surface area contributed by atoms with Gasteiger partial charge in [0.15, 0.2) is 0 Å². The van der Waals surface area contributed by atoms with Crippen molar-refractivity contribution in [1.82, 2.24) is 0 Å². The Hall–Kier alpha value is -1.76. The van der Waals surface area contributed by atoms with E-state index in [9.17, 15) is 0 Å². The van der Waals surface area contributed by atoms with Crippen molar-refractivity contribution >= 4 is 5.69 Å². The number of hydrogen-bond donors (Lipinski definition) is 1. The minimum absolute atomic E-state index is 0.783. The minimum atomic E-state index is 0.783. The molecule has 0 aliphatic heterocycles. The number of benzene rings is 2. The van der Waals surface area contributed by atoms with Crippen LogP contribution in [0.15, 0.2) is 42.5 Å². The van der Waals surface area contributed by atoms with E-state index in [1.807, 2.05) is 6.07 Å². The van der Waals surface area contributed by atoms with Crippen molar-refractivity contribution in [3.8, 4) is 11.1 Å². The molecule has 0 unspecified atom stereocenters. The van der Waals surface area contributed by atoms with Crippen LogP contribution in [0, 0.1) is 6.92 Å². The predicted octanol–water partition coefficient (Wildman–Crippen LogP) is 5.29. The number of nitrogen functional groups attached to an aromatic ring is 1. The summed E-state index contributed by atoms with van der Waals surface area (Å²) in [4.78, 5) is 0. The van der Waals surface area contributed by atoms with Gasteiger partial charge in [-0.25, -0.2) is 0 Å². The van der Waals surface area contributed by atoms with E-state index in [-0.39, 0.29) is 0 Å². The molecular weight excluding hydrogens is 242 g/mol. The van der Waals surface area contributed by atoms with Gasteiger partial charge in [-0.2, -0.15) is 0 Å². The normalized spacial score (nSPS) is 16.2. The Labute approximate surface area is 121 Å². The molecule has 20 heavy (non-hydrogen) atoms. The zero-order valence-corrected chi connectivity index (χ0v) is 12.2. The van der Waals surface area contributed by atoms with Crippen LogP contribution in [0.4, 0.5) is 5.69 Å². The summed E-state index contributed by atoms with van der Waals surface area (Å²) in [5, 5.41) is 0. The molecule has 2 aromatic carbocycles. The molecule has 0 heterocycles. The third kappa shape index (κ3) is 2.72. The molecule has 1 heteroatoms. The molecule has 1 aliphatic rings. The summed E-state index contributed by atoms with van der Waals surface area (Å²) in [7, 11) is 0. The van der Waals surface area contributed by atoms with Gasteiger partial charge in [0.1, 0.15) is 0 Å². The standard InChI is InChI=1S/C19H23N/c1-14-13-18(11-12-19(14)20)17-9-7-16(8-10-17)15-5-3-2-4-6-15/h7-13,15H,2-6,20H2,1H3. The van der Waals surface area contributed by atoms with Gasteiger partial charge in [-0.05, 0) is 60.1 Å². The summed E-state index contributed by atoms with van der Waals surface area (Å²) < 4.78 is 0. The van der Waals surface area contributed by atoms with Crippen molar-refractivity contribution in [3.63, 3.8) is 0 Å². The summed E-state index contributed by atoms with van der Waals surface area (Å²) in [6.07, 6.45) is 6.92. The van der Waals surface area contributed by atoms with Gasteiger partial charge < -0.3 is 5.73 Å². The van der Waals surface area contributed by atoms with E-state index in [1.54, 1.807) is 0 Å². The van der Waals surface area contributed by atoms with Gasteiger partial charge in [-0.15, -0.1) is 0 Å². The number of anilines is 1. The first-order valence-corrected chi connectivity index (χ1v) is 7.70. The van der Waals surface area contributed by atoms with Gasteiger partial charge in [0, 0.05) is 5.69 Å². The first-order valence-electron chi connectivity index (χ1n) is 7.70. The van der Waals surface area contributed by atoms with Crippen LogP contribution < -0.4 is 5.73 Å². The molecule has 2 N–H and O–H groups in total. The summed E-state index contributed by atoms with van der Waals surface area (Å²) >= 11 is 0. The smallest absolute Gasteiger partial charge is 0.0344 e. The van der Waals surface area contributed by atoms with Gasteiger partial charge in [0.25, 0.3) is 0 Å². The number of nitrogens with two attached hydrogens (primary N) is 1. The van der Waals surface area contributed by atoms with Gasteiger partial charge in [-0.3, -0.25) is 0 Å². The van der Waals surface area contributed by atoms with Crippen molar-refractivity contribution in [2.45, 2.75) is 44.9 Å². The molecular formula is C19H23N. The zero-order valence-electron chi connectivity index (χ0n) is 12.2. The van der Waals surface area contributed by atoms with E-state index >= 15 is 0 Å². The molecule has 0 amide bonds. The van der Waals surface area contributed by atoms with Gasteiger partial charge >= 0.3 is 0 Å². The van der Waals surface area contributed by atoms with Crippen LogP contribution in [-0.2, 0) is 0 Å². The van der Waals surface area contributed by atoms with E-state index in [2.05, 4.69) is 43.3 Å². The molecule has 3 rings (SSSR count). The summed E-state index contributed by atoms with van der Waals surface area (Å²) in [5.74, 6) is 0.783. The Morgan fingerprint density at radius 1 is 0.850 bits per heavy atom. The third-order valence-electron chi connectivity index (χ3n) is 4.59. The molecule has 0 spiro atoms. The van der Waals surface area contributed by atoms with Crippen LogP contribution in [0.3, 0.4) is 0 Å². The lowest BCUT2D eigenvalue weighted by Crippen LogP contribution is -2.04. The lowest BCUT2D eigenvalue weighted by molar-refractivity contribution is 0.443. The van der Waals surface area contributed by atoms with Crippen LogP contribution >= 0.6 is 0 Å². The predicted molar refractivity (Wildman–Crippen MR) is 86.9 cm³/mol. The van der Waals surface area contributed by atoms with Crippen molar-refractivity contribution in [2.24, 2.45) is 0 Å². The van der Waals surface area contributed by atoms with E-state index in [1.165, 1.54) is 48.8 Å². The van der Waals surface area contributed by atoms with E-state index in [4.69, 9.17) is 5.73 Å². The average Bonchev–Trinajstić information content (AvgIpc) is 2.51. The Kier molecular flexibility index (Phi) is 3.77. The summed E-state index contributed by atoms with van der Waals surface area (Å²) in [5.41, 5.74) is 12.0. The van der Waals surface area contributed by atoms with E-state index in [0.29, 0.717) is 0 Å². The van der Waals surface area contributed by atoms with Gasteiger partial charge in [0.2, 0.25) is 0 Å². The van der Waals surface area contributed by atoms with Crippen molar-refractivity contribution < 1.29 is 0 Å². The highest BCUT2D eigenvalue weighted by molar-refractivity contribution is 5.67. The second-order valence-electron chi connectivity index (χ2n) is 6.03. The quantitative estimate of drug-likeness (QED) is 0.733. The topological polar surface area (TPSA) is 26.0 Å². The van der Waals surface area contributed by atoms with Crippen LogP contribution in [0.25, 0.3) is 11.1 Å². The Morgan fingerprint density at radius 3 is 2.15 bits per heavy atom. The largest absolute Gasteiger partial charge is 0.399 e. The molecule has 1 saturated carbocycles. The summed E-state index contributed by atoms with van der Waals surface area (Å²) in [6.45, 7) is 2.06. The number of rotatable bonds is 2. The number of hydrogen-bond acceptors (Lipinski definition) is 1. The average molecular weight is 265 g/mol. The van der Waals surface area contributed by atoms with Crippen LogP contribution in [0.5, 0.6) is 0 Å². The highest BCUT2D eigenvalue weighted by Gasteiger charge is 2.15. The molecule has 0 radical (unpaired) electrons. The van der Waals surface area contributed by atoms with Crippen LogP contribution in [-0.4, -0.2) is 0 Å². The monoisotopic (exact) mass is 265 g/mol. The minimum Gasteiger partial charge on any atom is -0.399 e. The van der Waals surface area contributed by atoms with Crippen molar-refractivity contribution in [1.29, 1.82) is 0 Å². The molecule has 104 valence electrons. The fourth-order valence-corrected chi connectivity index (χ4v) is 3.24. The van der Waals surface area contributed by atoms with E-state index < -0.39 is 0 Å².